The molecule has 0 radical (unpaired) electrons. The van der Waals surface area contributed by atoms with Gasteiger partial charge in [0, 0.05) is 43.3 Å². The monoisotopic (exact) mass is 357 g/mol. The first-order valence-corrected chi connectivity index (χ1v) is 9.79. The van der Waals surface area contributed by atoms with Gasteiger partial charge in [0.25, 0.3) is 0 Å². The average molecular weight is 358 g/mol. The van der Waals surface area contributed by atoms with Crippen LogP contribution in [0.4, 0.5) is 10.5 Å². The van der Waals surface area contributed by atoms with Gasteiger partial charge in [-0.2, -0.15) is 0 Å². The average Bonchev–Trinajstić information content (AvgIpc) is 3.12. The standard InChI is InChI=1S/C20H27N3OS/c1-15-13-17(3)19(14-16(15)2)21-20(24)23-10-8-22(9-11-23)7-6-18-5-4-12-25-18/h4-5,12-14H,6-11H2,1-3H3,(H,21,24). The number of carbonyl (C=O) groups excluding carboxylic acids is 1. The molecule has 2 heterocycles. The molecule has 1 aromatic carbocycles. The van der Waals surface area contributed by atoms with Crippen LogP contribution in [-0.2, 0) is 6.42 Å². The quantitative estimate of drug-likeness (QED) is 0.895. The number of piperazine rings is 1. The van der Waals surface area contributed by atoms with Crippen LogP contribution in [0.2, 0.25) is 0 Å². The fourth-order valence-corrected chi connectivity index (χ4v) is 3.89. The molecule has 1 aliphatic rings. The second-order valence-electron chi connectivity index (χ2n) is 6.84. The van der Waals surface area contributed by atoms with E-state index >= 15 is 0 Å². The molecule has 0 saturated carbocycles. The van der Waals surface area contributed by atoms with Crippen LogP contribution < -0.4 is 5.32 Å². The topological polar surface area (TPSA) is 35.6 Å². The van der Waals surface area contributed by atoms with Crippen LogP contribution in [0.5, 0.6) is 0 Å². The van der Waals surface area contributed by atoms with Crippen molar-refractivity contribution in [2.24, 2.45) is 0 Å². The number of carbonyl (C=O) groups is 1. The van der Waals surface area contributed by atoms with Crippen LogP contribution in [0.1, 0.15) is 21.6 Å². The van der Waals surface area contributed by atoms with E-state index in [1.165, 1.54) is 16.0 Å². The normalized spacial score (nSPS) is 15.4. The minimum Gasteiger partial charge on any atom is -0.322 e. The summed E-state index contributed by atoms with van der Waals surface area (Å²) < 4.78 is 0. The van der Waals surface area contributed by atoms with Crippen molar-refractivity contribution in [3.05, 3.63) is 51.2 Å². The highest BCUT2D eigenvalue weighted by Gasteiger charge is 2.21. The smallest absolute Gasteiger partial charge is 0.321 e. The van der Waals surface area contributed by atoms with Gasteiger partial charge in [-0.05, 0) is 61.4 Å². The molecule has 2 amide bonds. The third-order valence-corrected chi connectivity index (χ3v) is 5.93. The van der Waals surface area contributed by atoms with Gasteiger partial charge in [-0.1, -0.05) is 12.1 Å². The van der Waals surface area contributed by atoms with E-state index in [1.807, 2.05) is 23.2 Å². The molecule has 25 heavy (non-hydrogen) atoms. The van der Waals surface area contributed by atoms with Crippen LogP contribution in [0.15, 0.2) is 29.6 Å². The molecule has 1 fully saturated rings. The Morgan fingerprint density at radius 3 is 2.48 bits per heavy atom. The minimum atomic E-state index is 0.0178. The van der Waals surface area contributed by atoms with Gasteiger partial charge in [0.2, 0.25) is 0 Å². The zero-order chi connectivity index (χ0) is 17.8. The van der Waals surface area contributed by atoms with Gasteiger partial charge in [0.15, 0.2) is 0 Å². The number of hydrogen-bond donors (Lipinski definition) is 1. The first-order valence-electron chi connectivity index (χ1n) is 8.91. The predicted molar refractivity (Wildman–Crippen MR) is 106 cm³/mol. The largest absolute Gasteiger partial charge is 0.322 e. The zero-order valence-electron chi connectivity index (χ0n) is 15.3. The second kappa shape index (κ2) is 8.02. The second-order valence-corrected chi connectivity index (χ2v) is 7.87. The van der Waals surface area contributed by atoms with Crippen LogP contribution in [0.25, 0.3) is 0 Å². The van der Waals surface area contributed by atoms with Crippen LogP contribution in [0, 0.1) is 20.8 Å². The fourth-order valence-electron chi connectivity index (χ4n) is 3.19. The van der Waals surface area contributed by atoms with Crippen molar-refractivity contribution >= 4 is 23.1 Å². The summed E-state index contributed by atoms with van der Waals surface area (Å²) in [6.07, 6.45) is 1.10. The van der Waals surface area contributed by atoms with Gasteiger partial charge < -0.3 is 10.2 Å². The number of hydrogen-bond acceptors (Lipinski definition) is 3. The summed E-state index contributed by atoms with van der Waals surface area (Å²) in [6, 6.07) is 8.52. The van der Waals surface area contributed by atoms with Gasteiger partial charge in [-0.15, -0.1) is 11.3 Å². The van der Waals surface area contributed by atoms with E-state index in [1.54, 1.807) is 0 Å². The number of nitrogens with one attached hydrogen (secondary N) is 1. The Morgan fingerprint density at radius 2 is 1.80 bits per heavy atom. The van der Waals surface area contributed by atoms with Crippen molar-refractivity contribution in [1.29, 1.82) is 0 Å². The van der Waals surface area contributed by atoms with Crippen molar-refractivity contribution < 1.29 is 4.79 Å². The summed E-state index contributed by atoms with van der Waals surface area (Å²) in [6.45, 7) is 10.8. The molecule has 4 nitrogen and oxygen atoms in total. The van der Waals surface area contributed by atoms with E-state index in [2.05, 4.69) is 53.7 Å². The highest BCUT2D eigenvalue weighted by molar-refractivity contribution is 7.09. The maximum absolute atomic E-state index is 12.6. The van der Waals surface area contributed by atoms with Crippen molar-refractivity contribution in [3.8, 4) is 0 Å². The fraction of sp³-hybridized carbons (Fsp3) is 0.450. The van der Waals surface area contributed by atoms with E-state index in [-0.39, 0.29) is 6.03 Å². The molecule has 5 heteroatoms. The molecule has 0 bridgehead atoms. The Morgan fingerprint density at radius 1 is 1.08 bits per heavy atom. The van der Waals surface area contributed by atoms with E-state index < -0.39 is 0 Å². The minimum absolute atomic E-state index is 0.0178. The molecule has 3 rings (SSSR count). The van der Waals surface area contributed by atoms with E-state index in [9.17, 15) is 4.79 Å². The molecule has 0 unspecified atom stereocenters. The SMILES string of the molecule is Cc1cc(C)c(NC(=O)N2CCN(CCc3cccs3)CC2)cc1C. The van der Waals surface area contributed by atoms with Crippen molar-refractivity contribution in [2.75, 3.05) is 38.0 Å². The van der Waals surface area contributed by atoms with E-state index in [0.29, 0.717) is 0 Å². The molecular weight excluding hydrogens is 330 g/mol. The Balaban J connectivity index is 1.49. The highest BCUT2D eigenvalue weighted by Crippen LogP contribution is 2.20. The summed E-state index contributed by atoms with van der Waals surface area (Å²) >= 11 is 1.82. The van der Waals surface area contributed by atoms with Gasteiger partial charge in [0.1, 0.15) is 0 Å². The number of amides is 2. The van der Waals surface area contributed by atoms with Gasteiger partial charge in [-0.25, -0.2) is 4.79 Å². The number of nitrogens with zero attached hydrogens (tertiary/aromatic N) is 2. The molecule has 1 N–H and O–H groups in total. The van der Waals surface area contributed by atoms with Crippen LogP contribution in [0.3, 0.4) is 0 Å². The van der Waals surface area contributed by atoms with Gasteiger partial charge in [-0.3, -0.25) is 4.90 Å². The molecular formula is C20H27N3OS. The van der Waals surface area contributed by atoms with Crippen LogP contribution >= 0.6 is 11.3 Å². The van der Waals surface area contributed by atoms with E-state index in [0.717, 1.165) is 50.4 Å². The number of rotatable bonds is 4. The highest BCUT2D eigenvalue weighted by atomic mass is 32.1. The van der Waals surface area contributed by atoms with Gasteiger partial charge >= 0.3 is 6.03 Å². The molecule has 0 aliphatic carbocycles. The molecule has 1 saturated heterocycles. The Bertz CT molecular complexity index is 719. The van der Waals surface area contributed by atoms with Crippen LogP contribution in [-0.4, -0.2) is 48.6 Å². The number of benzene rings is 1. The third-order valence-electron chi connectivity index (χ3n) is 5.00. The summed E-state index contributed by atoms with van der Waals surface area (Å²) in [4.78, 5) is 18.4. The van der Waals surface area contributed by atoms with Crippen molar-refractivity contribution in [1.82, 2.24) is 9.80 Å². The lowest BCUT2D eigenvalue weighted by atomic mass is 10.1. The van der Waals surface area contributed by atoms with Gasteiger partial charge in [0.05, 0.1) is 0 Å². The molecule has 1 aliphatic heterocycles. The van der Waals surface area contributed by atoms with E-state index in [4.69, 9.17) is 0 Å². The molecule has 134 valence electrons. The molecule has 0 atom stereocenters. The number of thiophene rings is 1. The van der Waals surface area contributed by atoms with Crippen molar-refractivity contribution in [3.63, 3.8) is 0 Å². The number of aryl methyl sites for hydroxylation is 3. The van der Waals surface area contributed by atoms with Crippen molar-refractivity contribution in [2.45, 2.75) is 27.2 Å². The number of urea groups is 1. The lowest BCUT2D eigenvalue weighted by Gasteiger charge is -2.34. The third kappa shape index (κ3) is 4.61. The summed E-state index contributed by atoms with van der Waals surface area (Å²) in [5, 5.41) is 5.22. The Hall–Kier alpha value is -1.85. The first-order chi connectivity index (χ1) is 12.0. The predicted octanol–water partition coefficient (Wildman–Crippen LogP) is 4.07. The molecule has 0 spiro atoms. The molecule has 2 aromatic rings. The summed E-state index contributed by atoms with van der Waals surface area (Å²) in [7, 11) is 0. The first kappa shape index (κ1) is 18.0. The number of anilines is 1. The zero-order valence-corrected chi connectivity index (χ0v) is 16.2. The Labute approximate surface area is 154 Å². The lowest BCUT2D eigenvalue weighted by molar-refractivity contribution is 0.148. The maximum Gasteiger partial charge on any atom is 0.321 e. The summed E-state index contributed by atoms with van der Waals surface area (Å²) in [5.74, 6) is 0. The maximum atomic E-state index is 12.6. The summed E-state index contributed by atoms with van der Waals surface area (Å²) in [5.41, 5.74) is 4.51. The lowest BCUT2D eigenvalue weighted by Crippen LogP contribution is -2.50. The Kier molecular flexibility index (Phi) is 5.76. The molecule has 1 aromatic heterocycles.